The Bertz CT molecular complexity index is 1290. The number of hydrogen-bond donors (Lipinski definition) is 2. The fourth-order valence-electron chi connectivity index (χ4n) is 3.26. The molecule has 0 unspecified atom stereocenters. The van der Waals surface area contributed by atoms with Crippen molar-refractivity contribution in [2.45, 2.75) is 19.3 Å². The molecule has 0 amide bonds. The summed E-state index contributed by atoms with van der Waals surface area (Å²) in [6.07, 6.45) is 0. The fraction of sp³-hybridized carbons (Fsp3) is 0.348. The van der Waals surface area contributed by atoms with E-state index in [-0.39, 0.29) is 24.1 Å². The van der Waals surface area contributed by atoms with Crippen molar-refractivity contribution in [3.05, 3.63) is 65.7 Å². The molecule has 0 aliphatic heterocycles. The number of benzene rings is 2. The molecule has 0 saturated heterocycles. The standard InChI is InChI=1S/C23H30FN7O2S/c1-23(2,17-11-12-18(19(24)15-17)16-9-7-6-8-10-16)20-27-22(31(5)29-20)28-21(25)26-13-14-34(32,33)30(3)4/h6-12,15H,13-14H2,1-5H3,(H3,25,26,27,28,29). The first kappa shape index (κ1) is 25.3. The van der Waals surface area contributed by atoms with Crippen LogP contribution in [0.25, 0.3) is 11.1 Å². The van der Waals surface area contributed by atoms with Crippen LogP contribution in [-0.4, -0.2) is 59.8 Å². The van der Waals surface area contributed by atoms with E-state index in [9.17, 15) is 12.8 Å². The maximum absolute atomic E-state index is 15.0. The van der Waals surface area contributed by atoms with Crippen LogP contribution in [-0.2, 0) is 22.5 Å². The van der Waals surface area contributed by atoms with Gasteiger partial charge in [0.25, 0.3) is 0 Å². The highest BCUT2D eigenvalue weighted by Gasteiger charge is 2.30. The molecule has 0 bridgehead atoms. The van der Waals surface area contributed by atoms with E-state index in [2.05, 4.69) is 20.4 Å². The summed E-state index contributed by atoms with van der Waals surface area (Å²) in [4.78, 5) is 8.58. The monoisotopic (exact) mass is 487 g/mol. The van der Waals surface area contributed by atoms with E-state index in [0.717, 1.165) is 15.4 Å². The topological polar surface area (TPSA) is 118 Å². The minimum absolute atomic E-state index is 0.00257. The summed E-state index contributed by atoms with van der Waals surface area (Å²) in [6.45, 7) is 3.82. The Morgan fingerprint density at radius 3 is 2.50 bits per heavy atom. The van der Waals surface area contributed by atoms with E-state index in [0.29, 0.717) is 17.3 Å². The number of sulfonamides is 1. The molecule has 0 aliphatic carbocycles. The van der Waals surface area contributed by atoms with Gasteiger partial charge in [0.1, 0.15) is 5.82 Å². The van der Waals surface area contributed by atoms with Crippen LogP contribution in [0.2, 0.25) is 0 Å². The van der Waals surface area contributed by atoms with Crippen LogP contribution in [0.5, 0.6) is 0 Å². The molecule has 9 nitrogen and oxygen atoms in total. The number of aromatic nitrogens is 3. The number of nitrogens with zero attached hydrogens (tertiary/aromatic N) is 5. The number of anilines is 1. The highest BCUT2D eigenvalue weighted by atomic mass is 32.2. The lowest BCUT2D eigenvalue weighted by atomic mass is 9.83. The van der Waals surface area contributed by atoms with Gasteiger partial charge in [-0.2, -0.15) is 10.1 Å². The zero-order valence-electron chi connectivity index (χ0n) is 19.9. The van der Waals surface area contributed by atoms with Crippen molar-refractivity contribution < 1.29 is 12.8 Å². The van der Waals surface area contributed by atoms with E-state index in [1.165, 1.54) is 24.8 Å². The Morgan fingerprint density at radius 2 is 1.88 bits per heavy atom. The largest absolute Gasteiger partial charge is 0.370 e. The summed E-state index contributed by atoms with van der Waals surface area (Å²) in [5, 5.41) is 7.32. The van der Waals surface area contributed by atoms with Crippen molar-refractivity contribution in [2.75, 3.05) is 31.7 Å². The number of halogens is 1. The first-order valence-electron chi connectivity index (χ1n) is 10.7. The van der Waals surface area contributed by atoms with Crippen molar-refractivity contribution in [2.24, 2.45) is 17.8 Å². The number of aliphatic imine (C=N–C) groups is 1. The molecule has 3 N–H and O–H groups in total. The Kier molecular flexibility index (Phi) is 7.37. The predicted octanol–water partition coefficient (Wildman–Crippen LogP) is 2.57. The minimum atomic E-state index is -3.37. The summed E-state index contributed by atoms with van der Waals surface area (Å²) in [6, 6.07) is 14.5. The van der Waals surface area contributed by atoms with Crippen LogP contribution in [0.4, 0.5) is 10.3 Å². The third kappa shape index (κ3) is 5.60. The second kappa shape index (κ2) is 9.90. The van der Waals surface area contributed by atoms with Crippen molar-refractivity contribution >= 4 is 21.9 Å². The van der Waals surface area contributed by atoms with Crippen LogP contribution in [0, 0.1) is 5.82 Å². The summed E-state index contributed by atoms with van der Waals surface area (Å²) in [5.74, 6) is 0.333. The minimum Gasteiger partial charge on any atom is -0.370 e. The van der Waals surface area contributed by atoms with E-state index in [4.69, 9.17) is 5.73 Å². The first-order chi connectivity index (χ1) is 15.9. The van der Waals surface area contributed by atoms with Gasteiger partial charge in [-0.25, -0.2) is 21.8 Å². The van der Waals surface area contributed by atoms with E-state index < -0.39 is 15.4 Å². The second-order valence-corrected chi connectivity index (χ2v) is 10.9. The second-order valence-electron chi connectivity index (χ2n) is 8.56. The Labute approximate surface area is 199 Å². The third-order valence-electron chi connectivity index (χ3n) is 5.53. The number of hydrogen-bond acceptors (Lipinski definition) is 5. The average molecular weight is 488 g/mol. The SMILES string of the molecule is CN(C)S(=O)(=O)CCN=C(N)Nc1nc(C(C)(C)c2ccc(-c3ccccc3)c(F)c2)nn1C. The van der Waals surface area contributed by atoms with Crippen LogP contribution in [0.15, 0.2) is 53.5 Å². The highest BCUT2D eigenvalue weighted by molar-refractivity contribution is 7.89. The van der Waals surface area contributed by atoms with Gasteiger partial charge in [-0.15, -0.1) is 0 Å². The molecule has 182 valence electrons. The summed E-state index contributed by atoms with van der Waals surface area (Å²) in [7, 11) is 1.25. The van der Waals surface area contributed by atoms with Gasteiger partial charge < -0.3 is 5.73 Å². The van der Waals surface area contributed by atoms with Crippen LogP contribution < -0.4 is 11.1 Å². The number of nitrogens with one attached hydrogen (secondary N) is 1. The Balaban J connectivity index is 1.78. The fourth-order valence-corrected chi connectivity index (χ4v) is 3.95. The lowest BCUT2D eigenvalue weighted by Crippen LogP contribution is -2.28. The van der Waals surface area contributed by atoms with E-state index in [1.54, 1.807) is 13.1 Å². The van der Waals surface area contributed by atoms with Gasteiger partial charge in [-0.05, 0) is 31.0 Å². The molecule has 0 fully saturated rings. The number of guanidine groups is 1. The molecule has 0 atom stereocenters. The van der Waals surface area contributed by atoms with Gasteiger partial charge >= 0.3 is 0 Å². The van der Waals surface area contributed by atoms with Gasteiger partial charge in [-0.1, -0.05) is 42.5 Å². The molecule has 0 aliphatic rings. The van der Waals surface area contributed by atoms with Gasteiger partial charge in [0, 0.05) is 26.7 Å². The molecule has 1 heterocycles. The smallest absolute Gasteiger partial charge is 0.227 e. The molecule has 1 aromatic heterocycles. The van der Waals surface area contributed by atoms with Crippen molar-refractivity contribution in [3.8, 4) is 11.1 Å². The summed E-state index contributed by atoms with van der Waals surface area (Å²) < 4.78 is 41.3. The molecule has 0 radical (unpaired) electrons. The van der Waals surface area contributed by atoms with Gasteiger partial charge in [0.05, 0.1) is 17.7 Å². The molecule has 34 heavy (non-hydrogen) atoms. The molecule has 11 heteroatoms. The number of nitrogens with two attached hydrogens (primary N) is 1. The molecule has 2 aromatic carbocycles. The van der Waals surface area contributed by atoms with Crippen molar-refractivity contribution in [1.82, 2.24) is 19.1 Å². The van der Waals surface area contributed by atoms with Crippen LogP contribution in [0.3, 0.4) is 0 Å². The van der Waals surface area contributed by atoms with E-state index in [1.807, 2.05) is 50.2 Å². The first-order valence-corrected chi connectivity index (χ1v) is 12.3. The zero-order valence-corrected chi connectivity index (χ0v) is 20.8. The van der Waals surface area contributed by atoms with Gasteiger partial charge in [0.2, 0.25) is 16.0 Å². The molecule has 0 saturated carbocycles. The lowest BCUT2D eigenvalue weighted by Gasteiger charge is -2.22. The molecule has 3 rings (SSSR count). The Morgan fingerprint density at radius 1 is 1.21 bits per heavy atom. The average Bonchev–Trinajstić information content (AvgIpc) is 3.15. The molecular formula is C23H30FN7O2S. The van der Waals surface area contributed by atoms with Gasteiger partial charge in [-0.3, -0.25) is 10.3 Å². The maximum Gasteiger partial charge on any atom is 0.227 e. The lowest BCUT2D eigenvalue weighted by molar-refractivity contribution is 0.521. The summed E-state index contributed by atoms with van der Waals surface area (Å²) >= 11 is 0. The molecular weight excluding hydrogens is 457 g/mol. The van der Waals surface area contributed by atoms with Crippen LogP contribution in [0.1, 0.15) is 25.2 Å². The normalized spacial score (nSPS) is 12.9. The van der Waals surface area contributed by atoms with Crippen molar-refractivity contribution in [3.63, 3.8) is 0 Å². The third-order valence-corrected chi connectivity index (χ3v) is 7.34. The molecule has 0 spiro atoms. The summed E-state index contributed by atoms with van der Waals surface area (Å²) in [5.41, 5.74) is 7.26. The maximum atomic E-state index is 15.0. The quantitative estimate of drug-likeness (QED) is 0.372. The number of aryl methyl sites for hydroxylation is 1. The van der Waals surface area contributed by atoms with E-state index >= 15 is 0 Å². The zero-order chi connectivity index (χ0) is 25.1. The predicted molar refractivity (Wildman–Crippen MR) is 133 cm³/mol. The van der Waals surface area contributed by atoms with Crippen molar-refractivity contribution in [1.29, 1.82) is 0 Å². The van der Waals surface area contributed by atoms with Crippen LogP contribution >= 0.6 is 0 Å². The number of rotatable bonds is 8. The van der Waals surface area contributed by atoms with Gasteiger partial charge in [0.15, 0.2) is 11.8 Å². The molecule has 3 aromatic rings. The Hall–Kier alpha value is -3.31. The highest BCUT2D eigenvalue weighted by Crippen LogP contribution is 2.33.